The molecule has 0 bridgehead atoms. The topological polar surface area (TPSA) is 56.7 Å². The van der Waals surface area contributed by atoms with Gasteiger partial charge in [0, 0.05) is 18.1 Å². The summed E-state index contributed by atoms with van der Waals surface area (Å²) < 4.78 is 0. The van der Waals surface area contributed by atoms with Crippen molar-refractivity contribution in [1.82, 2.24) is 10.6 Å². The van der Waals surface area contributed by atoms with Crippen molar-refractivity contribution in [1.29, 1.82) is 0 Å². The van der Waals surface area contributed by atoms with Gasteiger partial charge in [0.1, 0.15) is 0 Å². The number of halogens is 2. The van der Waals surface area contributed by atoms with Crippen LogP contribution in [-0.4, -0.2) is 17.6 Å². The standard InChI is InChI=1S/C18H22ClN3O.HI/c1-2-20-18(22-12-15-8-5-6-10-17(15)19)21-11-14-7-3-4-9-16(14)13-23;/h3-10,23H,2,11-13H2,1H3,(H2,20,21,22);1H. The van der Waals surface area contributed by atoms with Crippen LogP contribution < -0.4 is 10.6 Å². The molecule has 0 aliphatic carbocycles. The first-order chi connectivity index (χ1) is 11.2. The van der Waals surface area contributed by atoms with Crippen LogP contribution in [0.3, 0.4) is 0 Å². The molecule has 0 radical (unpaired) electrons. The summed E-state index contributed by atoms with van der Waals surface area (Å²) in [6.07, 6.45) is 0. The lowest BCUT2D eigenvalue weighted by Crippen LogP contribution is -2.37. The van der Waals surface area contributed by atoms with Crippen molar-refractivity contribution in [2.45, 2.75) is 26.6 Å². The van der Waals surface area contributed by atoms with Crippen molar-refractivity contribution >= 4 is 41.5 Å². The third-order valence-corrected chi connectivity index (χ3v) is 3.81. The second-order valence-electron chi connectivity index (χ2n) is 5.07. The van der Waals surface area contributed by atoms with Gasteiger partial charge >= 0.3 is 0 Å². The zero-order valence-corrected chi connectivity index (χ0v) is 16.7. The van der Waals surface area contributed by atoms with E-state index in [4.69, 9.17) is 11.6 Å². The predicted molar refractivity (Wildman–Crippen MR) is 111 cm³/mol. The van der Waals surface area contributed by atoms with Crippen LogP contribution in [0.25, 0.3) is 0 Å². The third-order valence-electron chi connectivity index (χ3n) is 3.44. The van der Waals surface area contributed by atoms with E-state index in [9.17, 15) is 5.11 Å². The van der Waals surface area contributed by atoms with Gasteiger partial charge in [0.15, 0.2) is 5.96 Å². The summed E-state index contributed by atoms with van der Waals surface area (Å²) in [6, 6.07) is 15.5. The Morgan fingerprint density at radius 3 is 2.25 bits per heavy atom. The Bertz CT molecular complexity index is 664. The van der Waals surface area contributed by atoms with Crippen molar-refractivity contribution in [3.63, 3.8) is 0 Å². The number of hydrogen-bond acceptors (Lipinski definition) is 2. The summed E-state index contributed by atoms with van der Waals surface area (Å²) in [5, 5.41) is 16.6. The normalized spacial score (nSPS) is 10.9. The lowest BCUT2D eigenvalue weighted by molar-refractivity contribution is 0.280. The molecule has 0 unspecified atom stereocenters. The van der Waals surface area contributed by atoms with E-state index in [2.05, 4.69) is 15.6 Å². The van der Waals surface area contributed by atoms with Gasteiger partial charge in [0.05, 0.1) is 13.2 Å². The Morgan fingerprint density at radius 1 is 1.00 bits per heavy atom. The summed E-state index contributed by atoms with van der Waals surface area (Å²) in [6.45, 7) is 3.94. The first-order valence-corrected chi connectivity index (χ1v) is 8.05. The van der Waals surface area contributed by atoms with Crippen LogP contribution in [-0.2, 0) is 19.7 Å². The highest BCUT2D eigenvalue weighted by atomic mass is 127. The molecule has 0 fully saturated rings. The van der Waals surface area contributed by atoms with E-state index in [-0.39, 0.29) is 30.6 Å². The maximum absolute atomic E-state index is 9.38. The molecular formula is C18H23ClIN3O. The van der Waals surface area contributed by atoms with Crippen LogP contribution >= 0.6 is 35.6 Å². The number of aliphatic hydroxyl groups excluding tert-OH is 1. The molecular weight excluding hydrogens is 437 g/mol. The molecule has 24 heavy (non-hydrogen) atoms. The molecule has 0 spiro atoms. The fourth-order valence-electron chi connectivity index (χ4n) is 2.20. The molecule has 0 aliphatic rings. The molecule has 2 aromatic carbocycles. The Morgan fingerprint density at radius 2 is 1.62 bits per heavy atom. The van der Waals surface area contributed by atoms with Crippen molar-refractivity contribution in [3.05, 3.63) is 70.2 Å². The van der Waals surface area contributed by atoms with Gasteiger partial charge in [-0.3, -0.25) is 0 Å². The van der Waals surface area contributed by atoms with Crippen LogP contribution in [0.2, 0.25) is 5.02 Å². The van der Waals surface area contributed by atoms with Crippen LogP contribution in [0.5, 0.6) is 0 Å². The van der Waals surface area contributed by atoms with E-state index in [0.717, 1.165) is 34.2 Å². The summed E-state index contributed by atoms with van der Waals surface area (Å²) >= 11 is 6.16. The van der Waals surface area contributed by atoms with E-state index >= 15 is 0 Å². The number of rotatable bonds is 6. The fraction of sp³-hybridized carbons (Fsp3) is 0.278. The van der Waals surface area contributed by atoms with Crippen LogP contribution in [0.15, 0.2) is 53.5 Å². The lowest BCUT2D eigenvalue weighted by atomic mass is 10.1. The molecule has 2 aromatic rings. The van der Waals surface area contributed by atoms with Crippen LogP contribution in [0.1, 0.15) is 23.6 Å². The maximum Gasteiger partial charge on any atom is 0.191 e. The van der Waals surface area contributed by atoms with Gasteiger partial charge in [-0.1, -0.05) is 54.1 Å². The number of nitrogens with one attached hydrogen (secondary N) is 2. The number of aliphatic hydroxyl groups is 1. The van der Waals surface area contributed by atoms with Gasteiger partial charge in [-0.15, -0.1) is 24.0 Å². The quantitative estimate of drug-likeness (QED) is 0.351. The van der Waals surface area contributed by atoms with Crippen molar-refractivity contribution in [2.75, 3.05) is 6.54 Å². The van der Waals surface area contributed by atoms with E-state index in [1.165, 1.54) is 0 Å². The largest absolute Gasteiger partial charge is 0.392 e. The minimum atomic E-state index is 0. The Balaban J connectivity index is 0.00000288. The monoisotopic (exact) mass is 459 g/mol. The molecule has 3 N–H and O–H groups in total. The smallest absolute Gasteiger partial charge is 0.191 e. The van der Waals surface area contributed by atoms with E-state index in [0.29, 0.717) is 13.1 Å². The summed E-state index contributed by atoms with van der Waals surface area (Å²) in [5.74, 6) is 0.722. The Labute approximate surface area is 165 Å². The second kappa shape index (κ2) is 11.3. The highest BCUT2D eigenvalue weighted by Gasteiger charge is 2.03. The maximum atomic E-state index is 9.38. The van der Waals surface area contributed by atoms with Gasteiger partial charge in [0.25, 0.3) is 0 Å². The number of nitrogens with zero attached hydrogens (tertiary/aromatic N) is 1. The molecule has 0 atom stereocenters. The predicted octanol–water partition coefficient (Wildman–Crippen LogP) is 3.71. The van der Waals surface area contributed by atoms with Gasteiger partial charge in [-0.05, 0) is 29.7 Å². The zero-order valence-electron chi connectivity index (χ0n) is 13.6. The van der Waals surface area contributed by atoms with Gasteiger partial charge in [0.2, 0.25) is 0 Å². The Kier molecular flexibility index (Phi) is 9.75. The third kappa shape index (κ3) is 6.30. The molecule has 0 aromatic heterocycles. The molecule has 0 aliphatic heterocycles. The molecule has 2 rings (SSSR count). The summed E-state index contributed by atoms with van der Waals surface area (Å²) in [4.78, 5) is 4.56. The molecule has 0 saturated heterocycles. The summed E-state index contributed by atoms with van der Waals surface area (Å²) in [7, 11) is 0. The highest BCUT2D eigenvalue weighted by Crippen LogP contribution is 2.15. The molecule has 0 amide bonds. The molecule has 4 nitrogen and oxygen atoms in total. The second-order valence-corrected chi connectivity index (χ2v) is 5.47. The Hall–Kier alpha value is -1.31. The fourth-order valence-corrected chi connectivity index (χ4v) is 2.39. The molecule has 0 saturated carbocycles. The average Bonchev–Trinajstić information content (AvgIpc) is 2.59. The van der Waals surface area contributed by atoms with Gasteiger partial charge < -0.3 is 15.7 Å². The summed E-state index contributed by atoms with van der Waals surface area (Å²) in [5.41, 5.74) is 2.96. The SMILES string of the molecule is CCNC(=NCc1ccccc1Cl)NCc1ccccc1CO.I. The minimum Gasteiger partial charge on any atom is -0.392 e. The zero-order chi connectivity index (χ0) is 16.5. The minimum absolute atomic E-state index is 0. The van der Waals surface area contributed by atoms with Crippen molar-refractivity contribution in [2.24, 2.45) is 4.99 Å². The number of guanidine groups is 1. The molecule has 0 heterocycles. The van der Waals surface area contributed by atoms with E-state index < -0.39 is 0 Å². The van der Waals surface area contributed by atoms with Crippen molar-refractivity contribution in [3.8, 4) is 0 Å². The van der Waals surface area contributed by atoms with E-state index in [1.54, 1.807) is 0 Å². The van der Waals surface area contributed by atoms with E-state index in [1.807, 2.05) is 55.5 Å². The van der Waals surface area contributed by atoms with Gasteiger partial charge in [-0.2, -0.15) is 0 Å². The number of aliphatic imine (C=N–C) groups is 1. The van der Waals surface area contributed by atoms with Crippen LogP contribution in [0, 0.1) is 0 Å². The molecule has 130 valence electrons. The number of hydrogen-bond donors (Lipinski definition) is 3. The molecule has 6 heteroatoms. The van der Waals surface area contributed by atoms with Gasteiger partial charge in [-0.25, -0.2) is 4.99 Å². The lowest BCUT2D eigenvalue weighted by Gasteiger charge is -2.13. The average molecular weight is 460 g/mol. The number of benzene rings is 2. The first kappa shape index (κ1) is 20.7. The van der Waals surface area contributed by atoms with Crippen molar-refractivity contribution < 1.29 is 5.11 Å². The highest BCUT2D eigenvalue weighted by molar-refractivity contribution is 14.0. The first-order valence-electron chi connectivity index (χ1n) is 7.67. The van der Waals surface area contributed by atoms with Crippen LogP contribution in [0.4, 0.5) is 0 Å².